The highest BCUT2D eigenvalue weighted by Gasteiger charge is 2.70. The Morgan fingerprint density at radius 2 is 1.70 bits per heavy atom. The van der Waals surface area contributed by atoms with Gasteiger partial charge in [-0.15, -0.1) is 0 Å². The second-order valence-corrected chi connectivity index (χ2v) is 15.4. The topological polar surface area (TPSA) is 81.4 Å². The molecule has 0 heterocycles. The predicted molar refractivity (Wildman–Crippen MR) is 145 cm³/mol. The SMILES string of the molecule is C#CONC(=O)[C@@]1(C)CC[C@]2(C)CC[C@]3(C)C(=CC(=O)[C@@H]4[C@@]5(C)CC[C@H](N)C(C)(C)C5CC[C@]43C)[C@@H]2C1. The predicted octanol–water partition coefficient (Wildman–Crippen LogP) is 5.93. The van der Waals surface area contributed by atoms with Crippen LogP contribution in [-0.4, -0.2) is 17.7 Å². The highest BCUT2D eigenvalue weighted by Crippen LogP contribution is 2.75. The van der Waals surface area contributed by atoms with E-state index >= 15 is 0 Å². The van der Waals surface area contributed by atoms with Crippen molar-refractivity contribution in [1.82, 2.24) is 5.48 Å². The molecule has 5 aliphatic rings. The Hall–Kier alpha value is -1.80. The molecule has 3 N–H and O–H groups in total. The highest BCUT2D eigenvalue weighted by atomic mass is 16.6. The zero-order valence-electron chi connectivity index (χ0n) is 24.1. The summed E-state index contributed by atoms with van der Waals surface area (Å²) in [7, 11) is 0. The third-order valence-corrected chi connectivity index (χ3v) is 13.4. The van der Waals surface area contributed by atoms with E-state index in [1.54, 1.807) is 0 Å². The van der Waals surface area contributed by atoms with Gasteiger partial charge >= 0.3 is 0 Å². The molecule has 5 nitrogen and oxygen atoms in total. The van der Waals surface area contributed by atoms with Crippen LogP contribution in [0.15, 0.2) is 11.6 Å². The molecule has 0 aromatic rings. The van der Waals surface area contributed by atoms with Crippen LogP contribution in [0.2, 0.25) is 0 Å². The van der Waals surface area contributed by atoms with Crippen molar-refractivity contribution < 1.29 is 14.4 Å². The maximum absolute atomic E-state index is 14.4. The molecule has 5 rings (SSSR count). The van der Waals surface area contributed by atoms with Gasteiger partial charge in [-0.1, -0.05) is 60.5 Å². The number of amides is 1. The van der Waals surface area contributed by atoms with E-state index in [2.05, 4.69) is 59.2 Å². The van der Waals surface area contributed by atoms with E-state index in [-0.39, 0.29) is 50.9 Å². The standard InChI is InChI=1S/C32H48N2O3/c1-9-37-34-26(36)29(5)15-14-28(4)16-17-31(7)20(21(28)19-29)18-22(35)25-30(6)12-11-24(33)27(2,3)23(30)10-13-32(25,31)8/h1,18,21,23-25H,10-17,19,33H2,2-8H3,(H,34,36)/t21-,23?,24-,25+,28+,29-,30-,31+,32+/m0/s1. The van der Waals surface area contributed by atoms with Crippen LogP contribution in [0.3, 0.4) is 0 Å². The Balaban J connectivity index is 1.57. The van der Waals surface area contributed by atoms with Crippen molar-refractivity contribution in [2.45, 2.75) is 112 Å². The first-order valence-corrected chi connectivity index (χ1v) is 14.5. The zero-order valence-corrected chi connectivity index (χ0v) is 24.1. The van der Waals surface area contributed by atoms with Gasteiger partial charge in [0.1, 0.15) is 6.11 Å². The molecule has 0 spiro atoms. The fourth-order valence-corrected chi connectivity index (χ4v) is 10.6. The summed E-state index contributed by atoms with van der Waals surface area (Å²) in [5.41, 5.74) is 9.81. The summed E-state index contributed by atoms with van der Waals surface area (Å²) in [6, 6.07) is 0.190. The molecule has 1 unspecified atom stereocenters. The number of hydrogen-bond acceptors (Lipinski definition) is 4. The van der Waals surface area contributed by atoms with E-state index in [4.69, 9.17) is 17.0 Å². The van der Waals surface area contributed by atoms with Gasteiger partial charge in [-0.25, -0.2) is 0 Å². The van der Waals surface area contributed by atoms with Gasteiger partial charge in [-0.2, -0.15) is 5.48 Å². The average Bonchev–Trinajstić information content (AvgIpc) is 2.82. The summed E-state index contributed by atoms with van der Waals surface area (Å²) < 4.78 is 0. The van der Waals surface area contributed by atoms with Crippen molar-refractivity contribution in [3.8, 4) is 12.5 Å². The van der Waals surface area contributed by atoms with Gasteiger partial charge in [0, 0.05) is 12.0 Å². The minimum atomic E-state index is -0.575. The largest absolute Gasteiger partial charge is 0.327 e. The number of hydrogen-bond donors (Lipinski definition) is 2. The first-order chi connectivity index (χ1) is 17.1. The van der Waals surface area contributed by atoms with Crippen molar-refractivity contribution in [1.29, 1.82) is 0 Å². The van der Waals surface area contributed by atoms with Crippen molar-refractivity contribution >= 4 is 11.7 Å². The fourth-order valence-electron chi connectivity index (χ4n) is 10.6. The quantitative estimate of drug-likeness (QED) is 0.358. The summed E-state index contributed by atoms with van der Waals surface area (Å²) in [5, 5.41) is 0. The zero-order chi connectivity index (χ0) is 27.2. The molecule has 4 saturated carbocycles. The van der Waals surface area contributed by atoms with E-state index in [1.807, 2.05) is 6.92 Å². The second-order valence-electron chi connectivity index (χ2n) is 15.4. The van der Waals surface area contributed by atoms with Crippen LogP contribution in [0.5, 0.6) is 0 Å². The number of nitrogens with one attached hydrogen (secondary N) is 1. The van der Waals surface area contributed by atoms with Crippen LogP contribution in [0.4, 0.5) is 0 Å². The van der Waals surface area contributed by atoms with Crippen molar-refractivity contribution in [3.63, 3.8) is 0 Å². The van der Waals surface area contributed by atoms with Gasteiger partial charge in [-0.05, 0) is 103 Å². The first-order valence-electron chi connectivity index (χ1n) is 14.5. The third kappa shape index (κ3) is 3.39. The third-order valence-electron chi connectivity index (χ3n) is 13.4. The summed E-state index contributed by atoms with van der Waals surface area (Å²) in [5.74, 6) is 0.845. The normalized spacial score (nSPS) is 50.2. The molecule has 0 bridgehead atoms. The number of allylic oxidation sites excluding steroid dienone is 2. The molecule has 37 heavy (non-hydrogen) atoms. The highest BCUT2D eigenvalue weighted by molar-refractivity contribution is 5.95. The molecule has 5 aliphatic carbocycles. The maximum atomic E-state index is 14.4. The average molecular weight is 509 g/mol. The van der Waals surface area contributed by atoms with Crippen LogP contribution in [0, 0.1) is 62.8 Å². The van der Waals surface area contributed by atoms with Gasteiger partial charge in [-0.3, -0.25) is 9.59 Å². The lowest BCUT2D eigenvalue weighted by Crippen LogP contribution is -2.67. The minimum Gasteiger partial charge on any atom is -0.327 e. The van der Waals surface area contributed by atoms with Crippen LogP contribution in [-0.2, 0) is 14.4 Å². The van der Waals surface area contributed by atoms with Gasteiger partial charge in [0.05, 0.1) is 5.41 Å². The number of hydroxylamine groups is 1. The summed E-state index contributed by atoms with van der Waals surface area (Å²) in [6.45, 7) is 16.4. The molecule has 5 heteroatoms. The van der Waals surface area contributed by atoms with Crippen LogP contribution in [0.25, 0.3) is 0 Å². The van der Waals surface area contributed by atoms with Crippen molar-refractivity contribution in [2.75, 3.05) is 0 Å². The van der Waals surface area contributed by atoms with Gasteiger partial charge < -0.3 is 10.6 Å². The molecule has 0 aromatic heterocycles. The van der Waals surface area contributed by atoms with E-state index < -0.39 is 5.41 Å². The van der Waals surface area contributed by atoms with E-state index in [0.29, 0.717) is 11.7 Å². The van der Waals surface area contributed by atoms with Crippen LogP contribution < -0.4 is 11.2 Å². The number of rotatable bonds is 2. The lowest BCUT2D eigenvalue weighted by molar-refractivity contribution is -0.187. The second kappa shape index (κ2) is 8.10. The lowest BCUT2D eigenvalue weighted by Gasteiger charge is -2.70. The fraction of sp³-hybridized carbons (Fsp3) is 0.812. The number of ketones is 1. The Bertz CT molecular complexity index is 1090. The molecule has 0 aromatic carbocycles. The van der Waals surface area contributed by atoms with E-state index in [1.165, 1.54) is 5.57 Å². The summed E-state index contributed by atoms with van der Waals surface area (Å²) >= 11 is 0. The van der Waals surface area contributed by atoms with Gasteiger partial charge in [0.15, 0.2) is 5.78 Å². The molecular formula is C32H48N2O3. The minimum absolute atomic E-state index is 0.0194. The number of carbonyl (C=O) groups excluding carboxylic acids is 2. The molecule has 0 radical (unpaired) electrons. The number of carbonyl (C=O) groups is 2. The lowest BCUT2D eigenvalue weighted by atomic mass is 9.33. The Kier molecular flexibility index (Phi) is 5.87. The number of nitrogens with two attached hydrogens (primary N) is 1. The van der Waals surface area contributed by atoms with Crippen molar-refractivity contribution in [2.24, 2.45) is 56.0 Å². The molecule has 204 valence electrons. The van der Waals surface area contributed by atoms with Crippen LogP contribution >= 0.6 is 0 Å². The first kappa shape index (κ1) is 26.8. The Morgan fingerprint density at radius 1 is 1.03 bits per heavy atom. The molecule has 9 atom stereocenters. The Morgan fingerprint density at radius 3 is 2.38 bits per heavy atom. The van der Waals surface area contributed by atoms with E-state index in [0.717, 1.165) is 57.8 Å². The maximum Gasteiger partial charge on any atom is 0.259 e. The van der Waals surface area contributed by atoms with Crippen molar-refractivity contribution in [3.05, 3.63) is 11.6 Å². The van der Waals surface area contributed by atoms with Crippen LogP contribution in [0.1, 0.15) is 106 Å². The number of fused-ring (bicyclic) bond motifs is 7. The molecular weight excluding hydrogens is 460 g/mol. The molecule has 0 saturated heterocycles. The van der Waals surface area contributed by atoms with E-state index in [9.17, 15) is 9.59 Å². The van der Waals surface area contributed by atoms with Gasteiger partial charge in [0.2, 0.25) is 0 Å². The monoisotopic (exact) mass is 508 g/mol. The van der Waals surface area contributed by atoms with Gasteiger partial charge in [0.25, 0.3) is 5.91 Å². The Labute approximate surface area is 224 Å². The summed E-state index contributed by atoms with van der Waals surface area (Å²) in [6.07, 6.45) is 18.3. The molecule has 0 aliphatic heterocycles. The smallest absolute Gasteiger partial charge is 0.259 e. The summed E-state index contributed by atoms with van der Waals surface area (Å²) in [4.78, 5) is 32.3. The molecule has 1 amide bonds. The molecule has 4 fully saturated rings. The number of terminal acetylenes is 1.